The summed E-state index contributed by atoms with van der Waals surface area (Å²) in [6.45, 7) is 9.01. The fraction of sp³-hybridized carbons (Fsp3) is 0.531. The maximum Gasteiger partial charge on any atom is 0.263 e. The predicted molar refractivity (Wildman–Crippen MR) is 173 cm³/mol. The number of rotatable bonds is 13. The lowest BCUT2D eigenvalue weighted by Gasteiger charge is -2.35. The number of Topliss-reactive ketones (excluding diaryl/α,β-unsaturated/α-hetero) is 1. The summed E-state index contributed by atoms with van der Waals surface area (Å²) in [4.78, 5) is 56.4. The van der Waals surface area contributed by atoms with Gasteiger partial charge in [0.2, 0.25) is 11.9 Å². The monoisotopic (exact) mass is 614 g/mol. The Hall–Kier alpha value is -4.41. The Kier molecular flexibility index (Phi) is 10.7. The number of carbonyl (C=O) groups excluding carboxylic acids is 2. The summed E-state index contributed by atoms with van der Waals surface area (Å²) in [5.74, 6) is 0.752. The molecule has 1 amide bonds. The van der Waals surface area contributed by atoms with Crippen LogP contribution in [0.15, 0.2) is 29.3 Å². The molecule has 2 fully saturated rings. The maximum atomic E-state index is 13.5. The van der Waals surface area contributed by atoms with E-state index in [9.17, 15) is 14.4 Å². The molecule has 4 heterocycles. The highest BCUT2D eigenvalue weighted by molar-refractivity contribution is 5.99. The van der Waals surface area contributed by atoms with Gasteiger partial charge in [0.05, 0.1) is 30.1 Å². The number of hydrogen-bond donors (Lipinski definition) is 3. The number of carbonyl (C=O) groups is 2. The zero-order chi connectivity index (χ0) is 31.8. The van der Waals surface area contributed by atoms with Gasteiger partial charge in [-0.1, -0.05) is 12.8 Å². The molecule has 1 aliphatic carbocycles. The van der Waals surface area contributed by atoms with Gasteiger partial charge < -0.3 is 20.9 Å². The van der Waals surface area contributed by atoms with Gasteiger partial charge >= 0.3 is 0 Å². The van der Waals surface area contributed by atoms with Crippen molar-refractivity contribution in [1.82, 2.24) is 35.1 Å². The van der Waals surface area contributed by atoms with E-state index in [1.54, 1.807) is 17.7 Å². The standard InChI is InChI=1S/C32H42N10O3/c1-22-26-21-37-32(39-30(26)42(24-6-3-4-7-24)31(45)29(22)23(2)43)38-27-9-8-25(20-36-27)41-18-16-40(17-19-41)15-10-28(44)35-13-5-12-34-14-11-33/h8-9,20-21,24,34H,3-7,10,12-19H2,1-2H3,(H,35,44)(H,36,37,38,39). The van der Waals surface area contributed by atoms with Crippen molar-refractivity contribution in [2.24, 2.45) is 0 Å². The number of hydrogen-bond acceptors (Lipinski definition) is 11. The van der Waals surface area contributed by atoms with Crippen LogP contribution in [0.1, 0.15) is 67.4 Å². The Balaban J connectivity index is 1.16. The van der Waals surface area contributed by atoms with Gasteiger partial charge in [-0.25, -0.2) is 9.97 Å². The molecule has 3 aromatic heterocycles. The molecule has 13 nitrogen and oxygen atoms in total. The topological polar surface area (TPSA) is 161 Å². The highest BCUT2D eigenvalue weighted by atomic mass is 16.2. The van der Waals surface area contributed by atoms with E-state index in [4.69, 9.17) is 10.2 Å². The summed E-state index contributed by atoms with van der Waals surface area (Å²) in [6, 6.07) is 5.96. The van der Waals surface area contributed by atoms with Crippen molar-refractivity contribution in [3.63, 3.8) is 0 Å². The molecule has 0 unspecified atom stereocenters. The maximum absolute atomic E-state index is 13.5. The number of anilines is 3. The average molecular weight is 615 g/mol. The lowest BCUT2D eigenvalue weighted by Crippen LogP contribution is -2.47. The molecule has 238 valence electrons. The molecule has 13 heteroatoms. The molecule has 45 heavy (non-hydrogen) atoms. The third-order valence-electron chi connectivity index (χ3n) is 8.69. The van der Waals surface area contributed by atoms with Crippen molar-refractivity contribution in [1.29, 1.82) is 5.26 Å². The first-order chi connectivity index (χ1) is 21.9. The van der Waals surface area contributed by atoms with Crippen molar-refractivity contribution in [2.45, 2.75) is 58.4 Å². The van der Waals surface area contributed by atoms with E-state index in [0.717, 1.165) is 70.5 Å². The van der Waals surface area contributed by atoms with Crippen molar-refractivity contribution < 1.29 is 9.59 Å². The third kappa shape index (κ3) is 7.82. The molecular formula is C32H42N10O3. The molecule has 3 N–H and O–H groups in total. The number of fused-ring (bicyclic) bond motifs is 1. The second-order valence-corrected chi connectivity index (χ2v) is 11.7. The molecule has 0 bridgehead atoms. The largest absolute Gasteiger partial charge is 0.368 e. The summed E-state index contributed by atoms with van der Waals surface area (Å²) < 4.78 is 1.71. The summed E-state index contributed by atoms with van der Waals surface area (Å²) in [5, 5.41) is 18.3. The highest BCUT2D eigenvalue weighted by Gasteiger charge is 2.26. The zero-order valence-corrected chi connectivity index (χ0v) is 26.1. The number of pyridine rings is 2. The first-order valence-corrected chi connectivity index (χ1v) is 15.8. The number of piperazine rings is 1. The van der Waals surface area contributed by atoms with Crippen LogP contribution in [0.25, 0.3) is 11.0 Å². The summed E-state index contributed by atoms with van der Waals surface area (Å²) in [7, 11) is 0. The fourth-order valence-corrected chi connectivity index (χ4v) is 6.23. The summed E-state index contributed by atoms with van der Waals surface area (Å²) in [6.07, 6.45) is 8.65. The van der Waals surface area contributed by atoms with E-state index in [2.05, 4.69) is 35.7 Å². The zero-order valence-electron chi connectivity index (χ0n) is 26.1. The molecule has 0 radical (unpaired) electrons. The van der Waals surface area contributed by atoms with Crippen LogP contribution in [0.3, 0.4) is 0 Å². The molecule has 1 saturated heterocycles. The van der Waals surface area contributed by atoms with Crippen LogP contribution in [0.4, 0.5) is 17.5 Å². The van der Waals surface area contributed by atoms with Gasteiger partial charge in [-0.15, -0.1) is 0 Å². The minimum absolute atomic E-state index is 0.0190. The average Bonchev–Trinajstić information content (AvgIpc) is 3.57. The first-order valence-electron chi connectivity index (χ1n) is 15.8. The van der Waals surface area contributed by atoms with E-state index in [1.807, 2.05) is 24.4 Å². The van der Waals surface area contributed by atoms with E-state index < -0.39 is 0 Å². The number of amides is 1. The Bertz CT molecular complexity index is 1600. The lowest BCUT2D eigenvalue weighted by atomic mass is 10.0. The molecule has 0 aromatic carbocycles. The number of aryl methyl sites for hydroxylation is 1. The van der Waals surface area contributed by atoms with Crippen LogP contribution in [-0.4, -0.2) is 88.5 Å². The predicted octanol–water partition coefficient (Wildman–Crippen LogP) is 2.69. The SMILES string of the molecule is CC(=O)c1c(C)c2cnc(Nc3ccc(N4CCN(CCC(=O)NCCCNCC#N)CC4)cn3)nc2n(C2CCCC2)c1=O. The lowest BCUT2D eigenvalue weighted by molar-refractivity contribution is -0.121. The quantitative estimate of drug-likeness (QED) is 0.147. The van der Waals surface area contributed by atoms with Crippen LogP contribution < -0.4 is 26.4 Å². The number of aromatic nitrogens is 4. The Labute approximate surface area is 263 Å². The van der Waals surface area contributed by atoms with E-state index in [0.29, 0.717) is 54.4 Å². The Morgan fingerprint density at radius 2 is 1.84 bits per heavy atom. The second-order valence-electron chi connectivity index (χ2n) is 11.7. The van der Waals surface area contributed by atoms with Gasteiger partial charge in [0.15, 0.2) is 5.78 Å². The van der Waals surface area contributed by atoms with Crippen molar-refractivity contribution in [3.8, 4) is 6.07 Å². The van der Waals surface area contributed by atoms with Gasteiger partial charge in [-0.2, -0.15) is 10.2 Å². The minimum Gasteiger partial charge on any atom is -0.368 e. The van der Waals surface area contributed by atoms with Gasteiger partial charge in [-0.05, 0) is 57.4 Å². The molecular weight excluding hydrogens is 572 g/mol. The second kappa shape index (κ2) is 15.0. The van der Waals surface area contributed by atoms with Crippen LogP contribution in [-0.2, 0) is 4.79 Å². The van der Waals surface area contributed by atoms with Crippen molar-refractivity contribution in [2.75, 3.05) is 62.6 Å². The van der Waals surface area contributed by atoms with E-state index in [1.165, 1.54) is 6.92 Å². The Morgan fingerprint density at radius 1 is 1.07 bits per heavy atom. The van der Waals surface area contributed by atoms with Gasteiger partial charge in [0.25, 0.3) is 5.56 Å². The van der Waals surface area contributed by atoms with Crippen LogP contribution in [0.2, 0.25) is 0 Å². The molecule has 1 saturated carbocycles. The Morgan fingerprint density at radius 3 is 2.53 bits per heavy atom. The van der Waals surface area contributed by atoms with Crippen LogP contribution in [0.5, 0.6) is 0 Å². The normalized spacial score (nSPS) is 15.7. The molecule has 0 atom stereocenters. The van der Waals surface area contributed by atoms with Crippen LogP contribution in [0, 0.1) is 18.3 Å². The molecule has 5 rings (SSSR count). The fourth-order valence-electron chi connectivity index (χ4n) is 6.23. The van der Waals surface area contributed by atoms with Crippen LogP contribution >= 0.6 is 0 Å². The van der Waals surface area contributed by atoms with E-state index >= 15 is 0 Å². The minimum atomic E-state index is -0.271. The summed E-state index contributed by atoms with van der Waals surface area (Å²) >= 11 is 0. The third-order valence-corrected chi connectivity index (χ3v) is 8.69. The molecule has 0 spiro atoms. The molecule has 1 aliphatic heterocycles. The van der Waals surface area contributed by atoms with Gasteiger partial charge in [0.1, 0.15) is 11.5 Å². The number of nitriles is 1. The molecule has 2 aliphatic rings. The van der Waals surface area contributed by atoms with Crippen molar-refractivity contribution >= 4 is 40.2 Å². The smallest absolute Gasteiger partial charge is 0.263 e. The number of nitrogens with one attached hydrogen (secondary N) is 3. The first kappa shape index (κ1) is 32.0. The molecule has 3 aromatic rings. The number of nitrogens with zero attached hydrogens (tertiary/aromatic N) is 7. The van der Waals surface area contributed by atoms with Gasteiger partial charge in [0, 0.05) is 63.3 Å². The highest BCUT2D eigenvalue weighted by Crippen LogP contribution is 2.32. The van der Waals surface area contributed by atoms with Crippen molar-refractivity contribution in [3.05, 3.63) is 46.0 Å². The van der Waals surface area contributed by atoms with Gasteiger partial charge in [-0.3, -0.25) is 23.9 Å². The summed E-state index contributed by atoms with van der Waals surface area (Å²) in [5.41, 5.74) is 2.13. The van der Waals surface area contributed by atoms with E-state index in [-0.39, 0.29) is 28.9 Å². The number of ketones is 1.